The van der Waals surface area contributed by atoms with E-state index in [0.717, 1.165) is 11.4 Å². The van der Waals surface area contributed by atoms with Crippen molar-refractivity contribution in [3.8, 4) is 0 Å². The molecule has 1 amide bonds. The molecule has 0 aliphatic heterocycles. The van der Waals surface area contributed by atoms with Gasteiger partial charge in [0.2, 0.25) is 5.91 Å². The first-order chi connectivity index (χ1) is 14.6. The molecule has 0 saturated carbocycles. The minimum atomic E-state index is -0.446. The van der Waals surface area contributed by atoms with Crippen LogP contribution in [-0.4, -0.2) is 39.0 Å². The van der Waals surface area contributed by atoms with Crippen LogP contribution in [0.4, 0.5) is 5.00 Å². The molecule has 0 bridgehead atoms. The fourth-order valence-corrected chi connectivity index (χ4v) is 4.27. The van der Waals surface area contributed by atoms with Crippen molar-refractivity contribution < 1.29 is 14.3 Å². The lowest BCUT2D eigenvalue weighted by Gasteiger charge is -2.08. The van der Waals surface area contributed by atoms with E-state index < -0.39 is 5.97 Å². The zero-order valence-electron chi connectivity index (χ0n) is 16.5. The van der Waals surface area contributed by atoms with Gasteiger partial charge < -0.3 is 14.6 Å². The number of aromatic nitrogens is 3. The van der Waals surface area contributed by atoms with Crippen molar-refractivity contribution in [2.24, 2.45) is 0 Å². The van der Waals surface area contributed by atoms with Crippen LogP contribution in [0.25, 0.3) is 0 Å². The number of anilines is 1. The molecule has 0 aliphatic carbocycles. The first kappa shape index (κ1) is 21.8. The Morgan fingerprint density at radius 1 is 1.27 bits per heavy atom. The predicted octanol–water partition coefficient (Wildman–Crippen LogP) is 4.02. The standard InChI is InChI=1S/C21H22N4O3S2/c1-3-11-25-17(13-15-8-6-5-7-9-15)23-24-21(25)30-14-18(26)22-19-16(10-12-29-19)20(27)28-4-2/h3,5-10,12H,1,4,11,13-14H2,2H3,(H,22,26). The van der Waals surface area contributed by atoms with Crippen LogP contribution in [0.5, 0.6) is 0 Å². The van der Waals surface area contributed by atoms with Gasteiger partial charge in [-0.05, 0) is 23.9 Å². The number of hydrogen-bond acceptors (Lipinski definition) is 7. The van der Waals surface area contributed by atoms with Crippen molar-refractivity contribution in [1.29, 1.82) is 0 Å². The number of hydrogen-bond donors (Lipinski definition) is 1. The third kappa shape index (κ3) is 5.58. The number of allylic oxidation sites excluding steroid dienone is 1. The molecule has 2 heterocycles. The number of thiophene rings is 1. The number of nitrogens with one attached hydrogen (secondary N) is 1. The smallest absolute Gasteiger partial charge is 0.341 e. The molecule has 0 aliphatic rings. The van der Waals surface area contributed by atoms with Crippen LogP contribution in [0.15, 0.2) is 59.6 Å². The summed E-state index contributed by atoms with van der Waals surface area (Å²) in [6.07, 6.45) is 2.42. The van der Waals surface area contributed by atoms with Gasteiger partial charge in [-0.25, -0.2) is 4.79 Å². The van der Waals surface area contributed by atoms with Crippen LogP contribution >= 0.6 is 23.1 Å². The predicted molar refractivity (Wildman–Crippen MR) is 119 cm³/mol. The zero-order valence-corrected chi connectivity index (χ0v) is 18.2. The van der Waals surface area contributed by atoms with E-state index in [4.69, 9.17) is 4.74 Å². The summed E-state index contributed by atoms with van der Waals surface area (Å²) in [4.78, 5) is 24.4. The summed E-state index contributed by atoms with van der Waals surface area (Å²) < 4.78 is 6.96. The maximum Gasteiger partial charge on any atom is 0.341 e. The van der Waals surface area contributed by atoms with Gasteiger partial charge in [-0.2, -0.15) is 0 Å². The normalized spacial score (nSPS) is 10.6. The van der Waals surface area contributed by atoms with E-state index in [0.29, 0.717) is 28.7 Å². The largest absolute Gasteiger partial charge is 0.462 e. The number of amides is 1. The third-order valence-electron chi connectivity index (χ3n) is 4.06. The van der Waals surface area contributed by atoms with E-state index in [9.17, 15) is 9.59 Å². The summed E-state index contributed by atoms with van der Waals surface area (Å²) in [6.45, 7) is 6.38. The second-order valence-corrected chi connectivity index (χ2v) is 8.04. The number of carbonyl (C=O) groups excluding carboxylic acids is 2. The second kappa shape index (κ2) is 10.7. The molecule has 0 saturated heterocycles. The van der Waals surface area contributed by atoms with Crippen molar-refractivity contribution in [2.45, 2.75) is 25.0 Å². The Hall–Kier alpha value is -2.91. The Kier molecular flexibility index (Phi) is 7.81. The van der Waals surface area contributed by atoms with Gasteiger partial charge in [-0.3, -0.25) is 4.79 Å². The number of thioether (sulfide) groups is 1. The molecule has 0 radical (unpaired) electrons. The van der Waals surface area contributed by atoms with Crippen LogP contribution < -0.4 is 5.32 Å². The molecule has 1 aromatic carbocycles. The molecule has 0 spiro atoms. The van der Waals surface area contributed by atoms with Gasteiger partial charge in [-0.1, -0.05) is 48.2 Å². The van der Waals surface area contributed by atoms with Gasteiger partial charge in [0, 0.05) is 13.0 Å². The van der Waals surface area contributed by atoms with E-state index in [1.165, 1.54) is 23.1 Å². The van der Waals surface area contributed by atoms with Crippen LogP contribution in [0.1, 0.15) is 28.7 Å². The molecule has 0 atom stereocenters. The molecule has 0 unspecified atom stereocenters. The number of esters is 1. The SMILES string of the molecule is C=CCn1c(Cc2ccccc2)nnc1SCC(=O)Nc1sccc1C(=O)OCC. The van der Waals surface area contributed by atoms with E-state index in [2.05, 4.69) is 22.1 Å². The Balaban J connectivity index is 1.64. The molecule has 3 aromatic rings. The number of nitrogens with zero attached hydrogens (tertiary/aromatic N) is 3. The van der Waals surface area contributed by atoms with Gasteiger partial charge in [0.05, 0.1) is 17.9 Å². The number of ether oxygens (including phenoxy) is 1. The van der Waals surface area contributed by atoms with Crippen molar-refractivity contribution >= 4 is 40.0 Å². The molecule has 0 fully saturated rings. The number of benzene rings is 1. The van der Waals surface area contributed by atoms with Gasteiger partial charge in [0.25, 0.3) is 0 Å². The van der Waals surface area contributed by atoms with Crippen LogP contribution in [0.3, 0.4) is 0 Å². The second-order valence-electron chi connectivity index (χ2n) is 6.18. The average molecular weight is 443 g/mol. The fourth-order valence-electron chi connectivity index (χ4n) is 2.72. The molecule has 3 rings (SSSR count). The third-order valence-corrected chi connectivity index (χ3v) is 5.85. The van der Waals surface area contributed by atoms with Crippen molar-refractivity contribution in [2.75, 3.05) is 17.7 Å². The van der Waals surface area contributed by atoms with Crippen molar-refractivity contribution in [3.05, 3.63) is 71.4 Å². The van der Waals surface area contributed by atoms with Gasteiger partial charge >= 0.3 is 5.97 Å². The summed E-state index contributed by atoms with van der Waals surface area (Å²) in [7, 11) is 0. The van der Waals surface area contributed by atoms with Gasteiger partial charge in [-0.15, -0.1) is 28.1 Å². The summed E-state index contributed by atoms with van der Waals surface area (Å²) in [5.74, 6) is 0.274. The van der Waals surface area contributed by atoms with E-state index in [1.807, 2.05) is 34.9 Å². The van der Waals surface area contributed by atoms with Crippen LogP contribution in [0.2, 0.25) is 0 Å². The van der Waals surface area contributed by atoms with Crippen molar-refractivity contribution in [3.63, 3.8) is 0 Å². The summed E-state index contributed by atoms with van der Waals surface area (Å²) >= 11 is 2.57. The van der Waals surface area contributed by atoms with Crippen LogP contribution in [0, 0.1) is 0 Å². The maximum absolute atomic E-state index is 12.4. The molecule has 156 valence electrons. The monoisotopic (exact) mass is 442 g/mol. The lowest BCUT2D eigenvalue weighted by atomic mass is 10.1. The minimum Gasteiger partial charge on any atom is -0.462 e. The van der Waals surface area contributed by atoms with Crippen molar-refractivity contribution in [1.82, 2.24) is 14.8 Å². The number of carbonyl (C=O) groups is 2. The summed E-state index contributed by atoms with van der Waals surface area (Å²) in [6, 6.07) is 11.7. The van der Waals surface area contributed by atoms with Gasteiger partial charge in [0.15, 0.2) is 5.16 Å². The Labute approximate surface area is 183 Å². The zero-order chi connectivity index (χ0) is 21.3. The first-order valence-corrected chi connectivity index (χ1v) is 11.2. The molecule has 9 heteroatoms. The summed E-state index contributed by atoms with van der Waals surface area (Å²) in [5.41, 5.74) is 1.49. The Morgan fingerprint density at radius 3 is 2.80 bits per heavy atom. The molecule has 7 nitrogen and oxygen atoms in total. The lowest BCUT2D eigenvalue weighted by Crippen LogP contribution is -2.16. The highest BCUT2D eigenvalue weighted by molar-refractivity contribution is 7.99. The summed E-state index contributed by atoms with van der Waals surface area (Å²) in [5, 5.41) is 14.2. The number of rotatable bonds is 10. The first-order valence-electron chi connectivity index (χ1n) is 9.36. The Morgan fingerprint density at radius 2 is 2.07 bits per heavy atom. The fraction of sp³-hybridized carbons (Fsp3) is 0.238. The quantitative estimate of drug-likeness (QED) is 0.290. The molecular formula is C21H22N4O3S2. The van der Waals surface area contributed by atoms with E-state index in [-0.39, 0.29) is 18.3 Å². The molecular weight excluding hydrogens is 420 g/mol. The highest BCUT2D eigenvalue weighted by Gasteiger charge is 2.18. The highest BCUT2D eigenvalue weighted by Crippen LogP contribution is 2.25. The average Bonchev–Trinajstić information content (AvgIpc) is 3.35. The lowest BCUT2D eigenvalue weighted by molar-refractivity contribution is -0.113. The molecule has 2 aromatic heterocycles. The molecule has 30 heavy (non-hydrogen) atoms. The Bertz CT molecular complexity index is 1010. The van der Waals surface area contributed by atoms with E-state index in [1.54, 1.807) is 24.4 Å². The molecule has 1 N–H and O–H groups in total. The van der Waals surface area contributed by atoms with Gasteiger partial charge in [0.1, 0.15) is 10.8 Å². The maximum atomic E-state index is 12.4. The van der Waals surface area contributed by atoms with E-state index >= 15 is 0 Å². The topological polar surface area (TPSA) is 86.1 Å². The minimum absolute atomic E-state index is 0.140. The van der Waals surface area contributed by atoms with Crippen LogP contribution in [-0.2, 0) is 22.5 Å². The highest BCUT2D eigenvalue weighted by atomic mass is 32.2.